The maximum absolute atomic E-state index is 3.65. The van der Waals surface area contributed by atoms with Gasteiger partial charge in [-0.3, -0.25) is 0 Å². The highest BCUT2D eigenvalue weighted by Gasteiger charge is 2.18. The van der Waals surface area contributed by atoms with Gasteiger partial charge in [0.25, 0.3) is 0 Å². The van der Waals surface area contributed by atoms with Crippen molar-refractivity contribution in [2.75, 3.05) is 24.5 Å². The SMILES string of the molecule is CCCNC1CCN(c2ccc3ccccc3c2)CC1. The molecule has 0 atom stereocenters. The van der Waals surface area contributed by atoms with Crippen molar-refractivity contribution in [3.8, 4) is 0 Å². The van der Waals surface area contributed by atoms with Gasteiger partial charge in [0.05, 0.1) is 0 Å². The number of piperidine rings is 1. The van der Waals surface area contributed by atoms with E-state index in [2.05, 4.69) is 59.6 Å². The zero-order valence-corrected chi connectivity index (χ0v) is 12.3. The molecule has 1 heterocycles. The lowest BCUT2D eigenvalue weighted by atomic mass is 10.0. The predicted octanol–water partition coefficient (Wildman–Crippen LogP) is 3.81. The zero-order chi connectivity index (χ0) is 13.8. The number of rotatable bonds is 4. The molecule has 0 aromatic heterocycles. The average molecular weight is 268 g/mol. The quantitative estimate of drug-likeness (QED) is 0.907. The molecule has 2 heteroatoms. The molecule has 1 fully saturated rings. The summed E-state index contributed by atoms with van der Waals surface area (Å²) in [5.41, 5.74) is 1.37. The maximum atomic E-state index is 3.65. The fourth-order valence-corrected chi connectivity index (χ4v) is 3.06. The second-order valence-corrected chi connectivity index (χ2v) is 5.75. The first-order chi connectivity index (χ1) is 9.86. The summed E-state index contributed by atoms with van der Waals surface area (Å²) in [6.45, 7) is 5.72. The Labute approximate surface area is 121 Å². The van der Waals surface area contributed by atoms with Crippen LogP contribution in [0.25, 0.3) is 10.8 Å². The van der Waals surface area contributed by atoms with E-state index in [0.717, 1.165) is 6.54 Å². The highest BCUT2D eigenvalue weighted by atomic mass is 15.1. The Morgan fingerprint density at radius 1 is 1.05 bits per heavy atom. The highest BCUT2D eigenvalue weighted by Crippen LogP contribution is 2.24. The number of benzene rings is 2. The van der Waals surface area contributed by atoms with Crippen LogP contribution in [0.2, 0.25) is 0 Å². The first-order valence-corrected chi connectivity index (χ1v) is 7.84. The van der Waals surface area contributed by atoms with Crippen molar-refractivity contribution in [1.82, 2.24) is 5.32 Å². The summed E-state index contributed by atoms with van der Waals surface area (Å²) < 4.78 is 0. The molecule has 0 bridgehead atoms. The monoisotopic (exact) mass is 268 g/mol. The topological polar surface area (TPSA) is 15.3 Å². The molecule has 1 aliphatic heterocycles. The van der Waals surface area contributed by atoms with Gasteiger partial charge in [0.15, 0.2) is 0 Å². The van der Waals surface area contributed by atoms with Crippen molar-refractivity contribution in [3.63, 3.8) is 0 Å². The number of nitrogens with zero attached hydrogens (tertiary/aromatic N) is 1. The lowest BCUT2D eigenvalue weighted by molar-refractivity contribution is 0.416. The molecule has 106 valence electrons. The van der Waals surface area contributed by atoms with E-state index in [1.165, 1.54) is 48.8 Å². The van der Waals surface area contributed by atoms with Crippen LogP contribution in [-0.2, 0) is 0 Å². The Morgan fingerprint density at radius 3 is 2.55 bits per heavy atom. The summed E-state index contributed by atoms with van der Waals surface area (Å²) >= 11 is 0. The normalized spacial score (nSPS) is 16.8. The van der Waals surface area contributed by atoms with Crippen LogP contribution < -0.4 is 10.2 Å². The molecule has 20 heavy (non-hydrogen) atoms. The van der Waals surface area contributed by atoms with Gasteiger partial charge < -0.3 is 10.2 Å². The zero-order valence-electron chi connectivity index (χ0n) is 12.3. The predicted molar refractivity (Wildman–Crippen MR) is 87.5 cm³/mol. The van der Waals surface area contributed by atoms with Gasteiger partial charge in [-0.2, -0.15) is 0 Å². The molecule has 0 aliphatic carbocycles. The summed E-state index contributed by atoms with van der Waals surface area (Å²) in [6.07, 6.45) is 3.74. The van der Waals surface area contributed by atoms with Gasteiger partial charge in [0, 0.05) is 24.8 Å². The number of fused-ring (bicyclic) bond motifs is 1. The van der Waals surface area contributed by atoms with Gasteiger partial charge in [-0.25, -0.2) is 0 Å². The Balaban J connectivity index is 1.67. The largest absolute Gasteiger partial charge is 0.371 e. The fourth-order valence-electron chi connectivity index (χ4n) is 3.06. The molecule has 1 N–H and O–H groups in total. The van der Waals surface area contributed by atoms with Gasteiger partial charge in [-0.05, 0) is 48.7 Å². The van der Waals surface area contributed by atoms with Crippen LogP contribution in [0.15, 0.2) is 42.5 Å². The summed E-state index contributed by atoms with van der Waals surface area (Å²) in [5, 5.41) is 6.32. The third kappa shape index (κ3) is 2.96. The van der Waals surface area contributed by atoms with Crippen LogP contribution in [0.5, 0.6) is 0 Å². The molecular weight excluding hydrogens is 244 g/mol. The summed E-state index contributed by atoms with van der Waals surface area (Å²) in [7, 11) is 0. The molecule has 3 rings (SSSR count). The number of nitrogens with one attached hydrogen (secondary N) is 1. The van der Waals surface area contributed by atoms with Crippen LogP contribution in [0.4, 0.5) is 5.69 Å². The maximum Gasteiger partial charge on any atom is 0.0372 e. The van der Waals surface area contributed by atoms with Crippen molar-refractivity contribution in [2.45, 2.75) is 32.2 Å². The third-order valence-corrected chi connectivity index (χ3v) is 4.28. The lowest BCUT2D eigenvalue weighted by Gasteiger charge is -2.34. The third-order valence-electron chi connectivity index (χ3n) is 4.28. The van der Waals surface area contributed by atoms with Gasteiger partial charge in [0.1, 0.15) is 0 Å². The standard InChI is InChI=1S/C18H24N2/c1-2-11-19-17-9-12-20(13-10-17)18-8-7-15-5-3-4-6-16(15)14-18/h3-8,14,17,19H,2,9-13H2,1H3. The average Bonchev–Trinajstić information content (AvgIpc) is 2.53. The molecule has 0 unspecified atom stereocenters. The minimum absolute atomic E-state index is 0.714. The van der Waals surface area contributed by atoms with Crippen molar-refractivity contribution < 1.29 is 0 Å². The second-order valence-electron chi connectivity index (χ2n) is 5.75. The van der Waals surface area contributed by atoms with E-state index in [-0.39, 0.29) is 0 Å². The fraction of sp³-hybridized carbons (Fsp3) is 0.444. The number of anilines is 1. The Bertz CT molecular complexity index is 556. The van der Waals surface area contributed by atoms with Crippen LogP contribution >= 0.6 is 0 Å². The first-order valence-electron chi connectivity index (χ1n) is 7.84. The van der Waals surface area contributed by atoms with Gasteiger partial charge in [-0.15, -0.1) is 0 Å². The van der Waals surface area contributed by atoms with Gasteiger partial charge in [0.2, 0.25) is 0 Å². The Morgan fingerprint density at radius 2 is 1.80 bits per heavy atom. The summed E-state index contributed by atoms with van der Waals surface area (Å²) in [6, 6.07) is 16.2. The second kappa shape index (κ2) is 6.27. The smallest absolute Gasteiger partial charge is 0.0372 e. The first kappa shape index (κ1) is 13.4. The molecule has 0 amide bonds. The summed E-state index contributed by atoms with van der Waals surface area (Å²) in [5.74, 6) is 0. The van der Waals surface area contributed by atoms with E-state index in [1.54, 1.807) is 0 Å². The molecule has 2 aromatic carbocycles. The van der Waals surface area contributed by atoms with Crippen LogP contribution in [-0.4, -0.2) is 25.7 Å². The molecule has 2 aromatic rings. The molecule has 0 radical (unpaired) electrons. The van der Waals surface area contributed by atoms with Gasteiger partial charge in [-0.1, -0.05) is 37.3 Å². The van der Waals surface area contributed by atoms with Crippen molar-refractivity contribution in [1.29, 1.82) is 0 Å². The highest BCUT2D eigenvalue weighted by molar-refractivity contribution is 5.85. The van der Waals surface area contributed by atoms with E-state index in [4.69, 9.17) is 0 Å². The summed E-state index contributed by atoms with van der Waals surface area (Å²) in [4.78, 5) is 2.52. The number of hydrogen-bond donors (Lipinski definition) is 1. The van der Waals surface area contributed by atoms with E-state index in [9.17, 15) is 0 Å². The van der Waals surface area contributed by atoms with E-state index >= 15 is 0 Å². The minimum atomic E-state index is 0.714. The lowest BCUT2D eigenvalue weighted by Crippen LogP contribution is -2.42. The van der Waals surface area contributed by atoms with Crippen molar-refractivity contribution in [3.05, 3.63) is 42.5 Å². The Hall–Kier alpha value is -1.54. The Kier molecular flexibility index (Phi) is 4.22. The van der Waals surface area contributed by atoms with Crippen LogP contribution in [0, 0.1) is 0 Å². The molecular formula is C18H24N2. The minimum Gasteiger partial charge on any atom is -0.371 e. The van der Waals surface area contributed by atoms with Crippen LogP contribution in [0.1, 0.15) is 26.2 Å². The van der Waals surface area contributed by atoms with Gasteiger partial charge >= 0.3 is 0 Å². The van der Waals surface area contributed by atoms with E-state index < -0.39 is 0 Å². The van der Waals surface area contributed by atoms with E-state index in [1.807, 2.05) is 0 Å². The molecule has 1 saturated heterocycles. The molecule has 0 spiro atoms. The van der Waals surface area contributed by atoms with Crippen molar-refractivity contribution in [2.24, 2.45) is 0 Å². The molecule has 2 nitrogen and oxygen atoms in total. The molecule has 1 aliphatic rings. The van der Waals surface area contributed by atoms with Crippen molar-refractivity contribution >= 4 is 16.5 Å². The molecule has 0 saturated carbocycles. The number of hydrogen-bond acceptors (Lipinski definition) is 2. The van der Waals surface area contributed by atoms with E-state index in [0.29, 0.717) is 6.04 Å². The van der Waals surface area contributed by atoms with Crippen LogP contribution in [0.3, 0.4) is 0 Å².